The van der Waals surface area contributed by atoms with Gasteiger partial charge >= 0.3 is 5.69 Å². The lowest BCUT2D eigenvalue weighted by molar-refractivity contribution is -0.386. The highest BCUT2D eigenvalue weighted by Gasteiger charge is 2.29. The third-order valence-corrected chi connectivity index (χ3v) is 6.75. The number of benzene rings is 2. The number of rotatable bonds is 7. The van der Waals surface area contributed by atoms with Crippen LogP contribution in [0.2, 0.25) is 0 Å². The second kappa shape index (κ2) is 9.02. The van der Waals surface area contributed by atoms with Crippen molar-refractivity contribution in [3.63, 3.8) is 0 Å². The van der Waals surface area contributed by atoms with E-state index in [1.807, 2.05) is 31.2 Å². The molecule has 0 N–H and O–H groups in total. The smallest absolute Gasteiger partial charge is 0.312 e. The quantitative estimate of drug-likeness (QED) is 0.384. The number of hydrogen-bond acceptors (Lipinski definition) is 9. The number of hydrogen-bond donors (Lipinski definition) is 0. The number of aryl methyl sites for hydroxylation is 1. The van der Waals surface area contributed by atoms with Gasteiger partial charge < -0.3 is 13.9 Å². The van der Waals surface area contributed by atoms with E-state index in [0.717, 1.165) is 17.2 Å². The molecule has 1 saturated heterocycles. The summed E-state index contributed by atoms with van der Waals surface area (Å²) >= 11 is 0. The third kappa shape index (κ3) is 4.61. The number of ether oxygens (including phenoxy) is 2. The molecule has 0 spiro atoms. The molecule has 2 aromatic carbocycles. The Bertz CT molecular complexity index is 1220. The van der Waals surface area contributed by atoms with Gasteiger partial charge in [-0.05, 0) is 31.2 Å². The van der Waals surface area contributed by atoms with Crippen molar-refractivity contribution in [3.8, 4) is 17.2 Å². The fraction of sp³-hybridized carbons (Fsp3) is 0.300. The summed E-state index contributed by atoms with van der Waals surface area (Å²) in [6.45, 7) is 2.68. The van der Waals surface area contributed by atoms with Gasteiger partial charge in [0.25, 0.3) is 5.89 Å². The van der Waals surface area contributed by atoms with Crippen LogP contribution in [0.15, 0.2) is 51.8 Å². The Kier molecular flexibility index (Phi) is 6.17. The molecule has 168 valence electrons. The van der Waals surface area contributed by atoms with Crippen LogP contribution in [0.5, 0.6) is 5.75 Å². The minimum Gasteiger partial charge on any atom is -0.477 e. The zero-order valence-electron chi connectivity index (χ0n) is 17.1. The number of nitro groups is 1. The van der Waals surface area contributed by atoms with E-state index in [2.05, 4.69) is 10.2 Å². The Morgan fingerprint density at radius 3 is 2.53 bits per heavy atom. The van der Waals surface area contributed by atoms with Crippen molar-refractivity contribution in [2.45, 2.75) is 18.4 Å². The van der Waals surface area contributed by atoms with Gasteiger partial charge in [0, 0.05) is 24.7 Å². The maximum Gasteiger partial charge on any atom is 0.312 e. The largest absolute Gasteiger partial charge is 0.477 e. The second-order valence-electron chi connectivity index (χ2n) is 7.06. The van der Waals surface area contributed by atoms with Gasteiger partial charge in [-0.25, -0.2) is 8.42 Å². The summed E-state index contributed by atoms with van der Waals surface area (Å²) in [6.07, 6.45) is 0. The average Bonchev–Trinajstić information content (AvgIpc) is 3.27. The molecule has 0 atom stereocenters. The monoisotopic (exact) mass is 460 g/mol. The Labute approximate surface area is 183 Å². The number of nitrogens with zero attached hydrogens (tertiary/aromatic N) is 4. The molecule has 0 unspecified atom stereocenters. The van der Waals surface area contributed by atoms with Crippen LogP contribution in [0.3, 0.4) is 0 Å². The van der Waals surface area contributed by atoms with E-state index >= 15 is 0 Å². The Morgan fingerprint density at radius 1 is 1.12 bits per heavy atom. The first-order valence-corrected chi connectivity index (χ1v) is 11.2. The number of morpholine rings is 1. The van der Waals surface area contributed by atoms with E-state index in [1.165, 1.54) is 16.4 Å². The van der Waals surface area contributed by atoms with Crippen molar-refractivity contribution >= 4 is 15.7 Å². The van der Waals surface area contributed by atoms with E-state index in [0.29, 0.717) is 5.89 Å². The van der Waals surface area contributed by atoms with Gasteiger partial charge in [0.1, 0.15) is 0 Å². The van der Waals surface area contributed by atoms with Crippen LogP contribution in [0.4, 0.5) is 5.69 Å². The summed E-state index contributed by atoms with van der Waals surface area (Å²) in [5.74, 6) is 0.316. The molecule has 1 aromatic heterocycles. The summed E-state index contributed by atoms with van der Waals surface area (Å²) in [5, 5.41) is 19.4. The molecule has 1 aliphatic rings. The van der Waals surface area contributed by atoms with Crippen LogP contribution in [0, 0.1) is 17.0 Å². The van der Waals surface area contributed by atoms with Crippen molar-refractivity contribution in [3.05, 3.63) is 64.0 Å². The standard InChI is InChI=1S/C20H20N4O7S/c1-14-2-4-15(5-3-14)20-22-21-19(31-20)13-30-18-7-6-16(12-17(18)24(25)26)32(27,28)23-8-10-29-11-9-23/h2-7,12H,8-11,13H2,1H3. The molecule has 1 aliphatic heterocycles. The minimum atomic E-state index is -3.88. The number of nitro benzene ring substituents is 1. The van der Waals surface area contributed by atoms with Gasteiger partial charge in [-0.3, -0.25) is 10.1 Å². The van der Waals surface area contributed by atoms with Gasteiger partial charge in [-0.1, -0.05) is 17.7 Å². The van der Waals surface area contributed by atoms with Crippen LogP contribution < -0.4 is 4.74 Å². The molecule has 11 nitrogen and oxygen atoms in total. The summed E-state index contributed by atoms with van der Waals surface area (Å²) in [5.41, 5.74) is 1.35. The van der Waals surface area contributed by atoms with Gasteiger partial charge in [-0.2, -0.15) is 4.31 Å². The highest BCUT2D eigenvalue weighted by Crippen LogP contribution is 2.32. The first-order valence-electron chi connectivity index (χ1n) is 9.73. The van der Waals surface area contributed by atoms with Crippen LogP contribution in [0.1, 0.15) is 11.5 Å². The highest BCUT2D eigenvalue weighted by atomic mass is 32.2. The zero-order chi connectivity index (χ0) is 22.7. The van der Waals surface area contributed by atoms with Gasteiger partial charge in [0.05, 0.1) is 23.0 Å². The molecule has 3 aromatic rings. The van der Waals surface area contributed by atoms with E-state index in [1.54, 1.807) is 0 Å². The number of aromatic nitrogens is 2. The zero-order valence-corrected chi connectivity index (χ0v) is 17.9. The van der Waals surface area contributed by atoms with Gasteiger partial charge in [-0.15, -0.1) is 10.2 Å². The molecule has 0 bridgehead atoms. The van der Waals surface area contributed by atoms with Crippen LogP contribution in [-0.4, -0.2) is 54.1 Å². The summed E-state index contributed by atoms with van der Waals surface area (Å²) in [7, 11) is -3.88. The Hall–Kier alpha value is -3.35. The Morgan fingerprint density at radius 2 is 1.84 bits per heavy atom. The lowest BCUT2D eigenvalue weighted by Crippen LogP contribution is -2.40. The second-order valence-corrected chi connectivity index (χ2v) is 9.00. The molecule has 0 saturated carbocycles. The Balaban J connectivity index is 1.52. The first-order chi connectivity index (χ1) is 15.3. The van der Waals surface area contributed by atoms with E-state index < -0.39 is 20.6 Å². The fourth-order valence-corrected chi connectivity index (χ4v) is 4.55. The predicted octanol–water partition coefficient (Wildman–Crippen LogP) is 2.55. The van der Waals surface area contributed by atoms with Crippen LogP contribution in [0.25, 0.3) is 11.5 Å². The third-order valence-electron chi connectivity index (χ3n) is 4.85. The normalized spacial score (nSPS) is 14.9. The molecule has 1 fully saturated rings. The van der Waals surface area contributed by atoms with E-state index in [9.17, 15) is 18.5 Å². The maximum atomic E-state index is 12.8. The number of sulfonamides is 1. The SMILES string of the molecule is Cc1ccc(-c2nnc(COc3ccc(S(=O)(=O)N4CCOCC4)cc3[N+](=O)[O-])o2)cc1. The summed E-state index contributed by atoms with van der Waals surface area (Å²) in [6, 6.07) is 11.0. The van der Waals surface area contributed by atoms with Crippen molar-refractivity contribution in [1.82, 2.24) is 14.5 Å². The topological polar surface area (TPSA) is 138 Å². The predicted molar refractivity (Wildman–Crippen MR) is 111 cm³/mol. The van der Waals surface area contributed by atoms with Gasteiger partial charge in [0.2, 0.25) is 15.9 Å². The summed E-state index contributed by atoms with van der Waals surface area (Å²) in [4.78, 5) is 10.7. The average molecular weight is 460 g/mol. The van der Waals surface area contributed by atoms with Gasteiger partial charge in [0.15, 0.2) is 12.4 Å². The van der Waals surface area contributed by atoms with E-state index in [4.69, 9.17) is 13.9 Å². The van der Waals surface area contributed by atoms with Crippen molar-refractivity contribution in [2.75, 3.05) is 26.3 Å². The van der Waals surface area contributed by atoms with E-state index in [-0.39, 0.29) is 49.4 Å². The fourth-order valence-electron chi connectivity index (χ4n) is 3.12. The molecular weight excluding hydrogens is 440 g/mol. The molecule has 2 heterocycles. The lowest BCUT2D eigenvalue weighted by Gasteiger charge is -2.26. The summed E-state index contributed by atoms with van der Waals surface area (Å²) < 4.78 is 43.0. The highest BCUT2D eigenvalue weighted by molar-refractivity contribution is 7.89. The van der Waals surface area contributed by atoms with Crippen molar-refractivity contribution < 1.29 is 27.2 Å². The molecule has 0 amide bonds. The molecular formula is C20H20N4O7S. The molecule has 0 radical (unpaired) electrons. The van der Waals surface area contributed by atoms with Crippen molar-refractivity contribution in [2.24, 2.45) is 0 Å². The van der Waals surface area contributed by atoms with Crippen LogP contribution in [-0.2, 0) is 21.4 Å². The minimum absolute atomic E-state index is 0.106. The molecule has 0 aliphatic carbocycles. The van der Waals surface area contributed by atoms with Crippen molar-refractivity contribution in [1.29, 1.82) is 0 Å². The molecule has 4 rings (SSSR count). The first kappa shape index (κ1) is 21.9. The lowest BCUT2D eigenvalue weighted by atomic mass is 10.1. The molecule has 32 heavy (non-hydrogen) atoms. The maximum absolute atomic E-state index is 12.8. The molecule has 12 heteroatoms. The van der Waals surface area contributed by atoms with Crippen LogP contribution >= 0.6 is 0 Å².